The monoisotopic (exact) mass is 651 g/mol. The standard InChI is InChI=1S/C49H33NO/c1-4-17-34(18-5-1)39-27-15-28-42-43-29-16-32-46(48(43)51-47(39)42)50(37-22-8-3-9-23-37)38-24-14-21-36(33-38)49(35-19-6-2-7-20-35)44-30-12-10-25-40(44)41-26-11-13-31-45(41)49/h1-33H. The Labute approximate surface area is 297 Å². The van der Waals surface area contributed by atoms with Crippen LogP contribution in [0, 0.1) is 0 Å². The first kappa shape index (κ1) is 29.3. The van der Waals surface area contributed by atoms with Gasteiger partial charge in [0.15, 0.2) is 5.58 Å². The summed E-state index contributed by atoms with van der Waals surface area (Å²) < 4.78 is 6.96. The fourth-order valence-electron chi connectivity index (χ4n) is 8.42. The normalized spacial score (nSPS) is 12.9. The Morgan fingerprint density at radius 1 is 0.373 bits per heavy atom. The van der Waals surface area contributed by atoms with Crippen molar-refractivity contribution in [2.24, 2.45) is 0 Å². The Balaban J connectivity index is 1.24. The van der Waals surface area contributed by atoms with E-state index in [9.17, 15) is 0 Å². The van der Waals surface area contributed by atoms with E-state index in [2.05, 4.69) is 205 Å². The van der Waals surface area contributed by atoms with Gasteiger partial charge in [-0.05, 0) is 69.3 Å². The van der Waals surface area contributed by atoms with E-state index < -0.39 is 5.41 Å². The molecule has 0 spiro atoms. The lowest BCUT2D eigenvalue weighted by molar-refractivity contribution is 0.670. The van der Waals surface area contributed by atoms with Crippen molar-refractivity contribution in [2.75, 3.05) is 4.90 Å². The minimum Gasteiger partial charge on any atom is -0.453 e. The first-order valence-electron chi connectivity index (χ1n) is 17.5. The van der Waals surface area contributed by atoms with Gasteiger partial charge in [0.25, 0.3) is 0 Å². The summed E-state index contributed by atoms with van der Waals surface area (Å²) in [6.07, 6.45) is 0. The number of nitrogens with zero attached hydrogens (tertiary/aromatic N) is 1. The predicted octanol–water partition coefficient (Wildman–Crippen LogP) is 13.1. The number of hydrogen-bond acceptors (Lipinski definition) is 2. The highest BCUT2D eigenvalue weighted by Crippen LogP contribution is 2.56. The Morgan fingerprint density at radius 2 is 0.882 bits per heavy atom. The van der Waals surface area contributed by atoms with Gasteiger partial charge in [0.2, 0.25) is 0 Å². The molecule has 1 aromatic heterocycles. The van der Waals surface area contributed by atoms with Crippen LogP contribution in [0.15, 0.2) is 205 Å². The minimum atomic E-state index is -0.497. The summed E-state index contributed by atoms with van der Waals surface area (Å²) in [5.74, 6) is 0. The molecule has 51 heavy (non-hydrogen) atoms. The summed E-state index contributed by atoms with van der Waals surface area (Å²) in [4.78, 5) is 2.35. The van der Waals surface area contributed by atoms with Crippen LogP contribution >= 0.6 is 0 Å². The molecule has 0 aliphatic heterocycles. The summed E-state index contributed by atoms with van der Waals surface area (Å²) in [7, 11) is 0. The summed E-state index contributed by atoms with van der Waals surface area (Å²) in [5, 5.41) is 2.20. The van der Waals surface area contributed by atoms with E-state index in [1.54, 1.807) is 0 Å². The van der Waals surface area contributed by atoms with Crippen molar-refractivity contribution < 1.29 is 4.42 Å². The van der Waals surface area contributed by atoms with Crippen molar-refractivity contribution in [3.8, 4) is 22.3 Å². The number of furan rings is 1. The predicted molar refractivity (Wildman–Crippen MR) is 211 cm³/mol. The number of para-hydroxylation sites is 3. The van der Waals surface area contributed by atoms with Crippen LogP contribution in [0.25, 0.3) is 44.2 Å². The second-order valence-corrected chi connectivity index (χ2v) is 13.2. The Kier molecular flexibility index (Phi) is 6.75. The molecule has 2 heteroatoms. The van der Waals surface area contributed by atoms with Crippen molar-refractivity contribution in [1.82, 2.24) is 0 Å². The summed E-state index contributed by atoms with van der Waals surface area (Å²) >= 11 is 0. The molecule has 240 valence electrons. The van der Waals surface area contributed by atoms with Crippen molar-refractivity contribution in [3.63, 3.8) is 0 Å². The molecule has 0 fully saturated rings. The maximum absolute atomic E-state index is 6.96. The van der Waals surface area contributed by atoms with Gasteiger partial charge in [0.1, 0.15) is 5.58 Å². The maximum Gasteiger partial charge on any atom is 0.159 e. The van der Waals surface area contributed by atoms with E-state index in [0.29, 0.717) is 0 Å². The van der Waals surface area contributed by atoms with Crippen molar-refractivity contribution >= 4 is 39.0 Å². The zero-order valence-corrected chi connectivity index (χ0v) is 27.9. The van der Waals surface area contributed by atoms with Gasteiger partial charge in [-0.3, -0.25) is 0 Å². The molecule has 0 saturated heterocycles. The quantitative estimate of drug-likeness (QED) is 0.178. The van der Waals surface area contributed by atoms with Gasteiger partial charge in [-0.1, -0.05) is 170 Å². The highest BCUT2D eigenvalue weighted by molar-refractivity contribution is 6.13. The fraction of sp³-hybridized carbons (Fsp3) is 0.0204. The first-order valence-corrected chi connectivity index (χ1v) is 17.5. The fourth-order valence-corrected chi connectivity index (χ4v) is 8.42. The number of fused-ring (bicyclic) bond motifs is 6. The van der Waals surface area contributed by atoms with Crippen molar-refractivity contribution in [3.05, 3.63) is 222 Å². The highest BCUT2D eigenvalue weighted by atomic mass is 16.3. The first-order chi connectivity index (χ1) is 25.3. The number of rotatable bonds is 6. The zero-order chi connectivity index (χ0) is 33.8. The van der Waals surface area contributed by atoms with Crippen LogP contribution < -0.4 is 4.90 Å². The van der Waals surface area contributed by atoms with Gasteiger partial charge >= 0.3 is 0 Å². The van der Waals surface area contributed by atoms with Crippen molar-refractivity contribution in [2.45, 2.75) is 5.41 Å². The Morgan fingerprint density at radius 3 is 1.59 bits per heavy atom. The number of benzene rings is 8. The molecule has 1 heterocycles. The second-order valence-electron chi connectivity index (χ2n) is 13.2. The van der Waals surface area contributed by atoms with Crippen LogP contribution in [0.2, 0.25) is 0 Å². The lowest BCUT2D eigenvalue weighted by atomic mass is 9.67. The smallest absolute Gasteiger partial charge is 0.159 e. The lowest BCUT2D eigenvalue weighted by Crippen LogP contribution is -2.28. The van der Waals surface area contributed by atoms with Gasteiger partial charge in [0.05, 0.1) is 11.1 Å². The van der Waals surface area contributed by atoms with Crippen LogP contribution in [0.3, 0.4) is 0 Å². The molecule has 10 rings (SSSR count). The van der Waals surface area contributed by atoms with Crippen LogP contribution in [0.4, 0.5) is 17.1 Å². The van der Waals surface area contributed by atoms with E-state index in [4.69, 9.17) is 4.42 Å². The summed E-state index contributed by atoms with van der Waals surface area (Å²) in [6, 6.07) is 72.0. The molecule has 0 atom stereocenters. The van der Waals surface area contributed by atoms with Crippen LogP contribution in [0.1, 0.15) is 22.3 Å². The largest absolute Gasteiger partial charge is 0.453 e. The molecular formula is C49H33NO. The second kappa shape index (κ2) is 11.8. The maximum atomic E-state index is 6.96. The zero-order valence-electron chi connectivity index (χ0n) is 27.9. The minimum absolute atomic E-state index is 0.497. The third-order valence-electron chi connectivity index (χ3n) is 10.5. The molecule has 0 N–H and O–H groups in total. The SMILES string of the molecule is c1ccc(-c2cccc3c2oc2c(N(c4ccccc4)c4cccc(C5(c6ccccc6)c6ccccc6-c6ccccc65)c4)cccc23)cc1. The molecule has 8 aromatic carbocycles. The topological polar surface area (TPSA) is 16.4 Å². The molecule has 1 aliphatic carbocycles. The third kappa shape index (κ3) is 4.43. The average Bonchev–Trinajstić information content (AvgIpc) is 3.74. The third-order valence-corrected chi connectivity index (χ3v) is 10.5. The van der Waals surface area contributed by atoms with E-state index >= 15 is 0 Å². The lowest BCUT2D eigenvalue weighted by Gasteiger charge is -2.35. The molecule has 0 bridgehead atoms. The molecule has 0 radical (unpaired) electrons. The Hall–Kier alpha value is -6.64. The van der Waals surface area contributed by atoms with Gasteiger partial charge < -0.3 is 9.32 Å². The van der Waals surface area contributed by atoms with Gasteiger partial charge in [-0.15, -0.1) is 0 Å². The Bertz CT molecular complexity index is 2650. The van der Waals surface area contributed by atoms with E-state index in [1.165, 1.54) is 33.4 Å². The number of anilines is 3. The van der Waals surface area contributed by atoms with E-state index in [-0.39, 0.29) is 0 Å². The van der Waals surface area contributed by atoms with Gasteiger partial charge in [-0.2, -0.15) is 0 Å². The molecule has 2 nitrogen and oxygen atoms in total. The van der Waals surface area contributed by atoms with Gasteiger partial charge in [0, 0.05) is 27.7 Å². The molecule has 0 unspecified atom stereocenters. The number of hydrogen-bond donors (Lipinski definition) is 0. The summed E-state index contributed by atoms with van der Waals surface area (Å²) in [5.41, 5.74) is 14.2. The molecule has 1 aliphatic rings. The molecule has 0 saturated carbocycles. The highest BCUT2D eigenvalue weighted by Gasteiger charge is 2.46. The van der Waals surface area contributed by atoms with Crippen LogP contribution in [-0.2, 0) is 5.41 Å². The molecule has 0 amide bonds. The van der Waals surface area contributed by atoms with Crippen LogP contribution in [-0.4, -0.2) is 0 Å². The molecule has 9 aromatic rings. The van der Waals surface area contributed by atoms with E-state index in [1.807, 2.05) is 0 Å². The molecular weight excluding hydrogens is 619 g/mol. The van der Waals surface area contributed by atoms with E-state index in [0.717, 1.165) is 50.1 Å². The van der Waals surface area contributed by atoms with Gasteiger partial charge in [-0.25, -0.2) is 0 Å². The van der Waals surface area contributed by atoms with Crippen molar-refractivity contribution in [1.29, 1.82) is 0 Å². The summed E-state index contributed by atoms with van der Waals surface area (Å²) in [6.45, 7) is 0. The average molecular weight is 652 g/mol. The van der Waals surface area contributed by atoms with Crippen LogP contribution in [0.5, 0.6) is 0 Å².